The molecular weight excluding hydrogens is 308 g/mol. The summed E-state index contributed by atoms with van der Waals surface area (Å²) in [7, 11) is 1.50. The van der Waals surface area contributed by atoms with Crippen molar-refractivity contribution in [2.24, 2.45) is 5.73 Å². The Morgan fingerprint density at radius 2 is 2.00 bits per heavy atom. The Morgan fingerprint density at radius 3 is 2.62 bits per heavy atom. The first-order chi connectivity index (χ1) is 10.0. The largest absolute Gasteiger partial charge is 0.495 e. The third-order valence-corrected chi connectivity index (χ3v) is 3.42. The highest BCUT2D eigenvalue weighted by atomic mass is 35.5. The van der Waals surface area contributed by atoms with Gasteiger partial charge in [-0.1, -0.05) is 36.0 Å². The Morgan fingerprint density at radius 1 is 1.29 bits per heavy atom. The van der Waals surface area contributed by atoms with E-state index in [9.17, 15) is 4.79 Å². The van der Waals surface area contributed by atoms with Crippen LogP contribution in [0.3, 0.4) is 0 Å². The van der Waals surface area contributed by atoms with Crippen LogP contribution in [0.2, 0.25) is 5.02 Å². The molecule has 2 rings (SSSR count). The summed E-state index contributed by atoms with van der Waals surface area (Å²) in [4.78, 5) is 12.5. The van der Waals surface area contributed by atoms with Crippen LogP contribution in [0.4, 0.5) is 5.69 Å². The molecule has 0 saturated carbocycles. The summed E-state index contributed by atoms with van der Waals surface area (Å²) < 4.78 is 5.24. The average molecular weight is 321 g/mol. The number of hydrogen-bond donors (Lipinski definition) is 2. The van der Waals surface area contributed by atoms with Gasteiger partial charge in [-0.05, 0) is 30.3 Å². The lowest BCUT2D eigenvalue weighted by Crippen LogP contribution is -2.14. The number of amides is 1. The van der Waals surface area contributed by atoms with Crippen LogP contribution in [-0.4, -0.2) is 18.0 Å². The minimum Gasteiger partial charge on any atom is -0.495 e. The fraction of sp³-hybridized carbons (Fsp3) is 0.0667. The van der Waals surface area contributed by atoms with E-state index in [0.717, 1.165) is 0 Å². The molecular formula is C15H13ClN2O2S. The van der Waals surface area contributed by atoms with Crippen molar-refractivity contribution in [2.75, 3.05) is 12.4 Å². The van der Waals surface area contributed by atoms with Crippen molar-refractivity contribution in [3.05, 3.63) is 58.6 Å². The molecule has 108 valence electrons. The number of hydrogen-bond acceptors (Lipinski definition) is 3. The van der Waals surface area contributed by atoms with Crippen LogP contribution in [0.1, 0.15) is 15.9 Å². The smallest absolute Gasteiger partial charge is 0.257 e. The van der Waals surface area contributed by atoms with Crippen molar-refractivity contribution < 1.29 is 9.53 Å². The number of methoxy groups -OCH3 is 1. The van der Waals surface area contributed by atoms with Crippen molar-refractivity contribution in [3.8, 4) is 5.75 Å². The molecule has 0 atom stereocenters. The Kier molecular flexibility index (Phi) is 4.77. The molecule has 21 heavy (non-hydrogen) atoms. The van der Waals surface area contributed by atoms with Gasteiger partial charge >= 0.3 is 0 Å². The van der Waals surface area contributed by atoms with Crippen molar-refractivity contribution in [1.82, 2.24) is 0 Å². The van der Waals surface area contributed by atoms with Gasteiger partial charge in [0.15, 0.2) is 0 Å². The van der Waals surface area contributed by atoms with Gasteiger partial charge < -0.3 is 15.8 Å². The first-order valence-corrected chi connectivity index (χ1v) is 6.85. The lowest BCUT2D eigenvalue weighted by molar-refractivity contribution is 0.102. The first-order valence-electron chi connectivity index (χ1n) is 6.06. The molecule has 0 aliphatic heterocycles. The molecule has 6 heteroatoms. The molecule has 2 aromatic carbocycles. The van der Waals surface area contributed by atoms with Gasteiger partial charge in [0.1, 0.15) is 10.7 Å². The molecule has 0 unspecified atom stereocenters. The molecule has 1 amide bonds. The molecule has 0 aliphatic rings. The number of carbonyl (C=O) groups excluding carboxylic acids is 1. The van der Waals surface area contributed by atoms with Gasteiger partial charge in [0.25, 0.3) is 5.91 Å². The molecule has 0 bridgehead atoms. The third kappa shape index (κ3) is 3.51. The molecule has 0 aromatic heterocycles. The summed E-state index contributed by atoms with van der Waals surface area (Å²) in [5, 5.41) is 3.14. The molecule has 2 aromatic rings. The number of nitrogens with one attached hydrogen (secondary N) is 1. The lowest BCUT2D eigenvalue weighted by atomic mass is 10.1. The van der Waals surface area contributed by atoms with E-state index in [1.807, 2.05) is 0 Å². The number of rotatable bonds is 4. The fourth-order valence-corrected chi connectivity index (χ4v) is 2.13. The van der Waals surface area contributed by atoms with Crippen molar-refractivity contribution in [2.45, 2.75) is 0 Å². The van der Waals surface area contributed by atoms with Crippen LogP contribution >= 0.6 is 23.8 Å². The fourth-order valence-electron chi connectivity index (χ4n) is 1.78. The van der Waals surface area contributed by atoms with Gasteiger partial charge in [-0.15, -0.1) is 0 Å². The molecule has 0 saturated heterocycles. The molecule has 0 heterocycles. The number of thiocarbonyl (C=S) groups is 1. The number of nitrogens with two attached hydrogens (primary N) is 1. The van der Waals surface area contributed by atoms with Crippen molar-refractivity contribution in [1.29, 1.82) is 0 Å². The average Bonchev–Trinajstić information content (AvgIpc) is 2.47. The Balaban J connectivity index is 2.29. The molecule has 3 N–H and O–H groups in total. The van der Waals surface area contributed by atoms with Crippen LogP contribution in [0.5, 0.6) is 5.75 Å². The van der Waals surface area contributed by atoms with Gasteiger partial charge in [-0.25, -0.2) is 0 Å². The van der Waals surface area contributed by atoms with Gasteiger partial charge in [-0.3, -0.25) is 4.79 Å². The molecule has 0 radical (unpaired) electrons. The van der Waals surface area contributed by atoms with E-state index < -0.39 is 0 Å². The van der Waals surface area contributed by atoms with E-state index in [1.165, 1.54) is 7.11 Å². The maximum atomic E-state index is 12.2. The monoisotopic (exact) mass is 320 g/mol. The normalized spacial score (nSPS) is 10.0. The zero-order valence-electron chi connectivity index (χ0n) is 11.2. The number of carbonyl (C=O) groups is 1. The molecule has 0 fully saturated rings. The quantitative estimate of drug-likeness (QED) is 0.849. The van der Waals surface area contributed by atoms with Crippen LogP contribution in [0.25, 0.3) is 0 Å². The van der Waals surface area contributed by atoms with Gasteiger partial charge in [0.05, 0.1) is 23.4 Å². The van der Waals surface area contributed by atoms with Crippen LogP contribution in [-0.2, 0) is 0 Å². The Labute approximate surface area is 132 Å². The predicted molar refractivity (Wildman–Crippen MR) is 88.3 cm³/mol. The maximum Gasteiger partial charge on any atom is 0.257 e. The highest BCUT2D eigenvalue weighted by Crippen LogP contribution is 2.27. The zero-order valence-corrected chi connectivity index (χ0v) is 12.8. The van der Waals surface area contributed by atoms with Crippen molar-refractivity contribution in [3.63, 3.8) is 0 Å². The van der Waals surface area contributed by atoms with Gasteiger partial charge in [-0.2, -0.15) is 0 Å². The number of anilines is 1. The number of benzene rings is 2. The standard InChI is InChI=1S/C15H13ClN2O2S/c1-20-13-8-9(14(17)21)6-7-12(13)18-15(19)10-4-2-3-5-11(10)16/h2-8H,1H3,(H2,17,21)(H,18,19). The van der Waals surface area contributed by atoms with Crippen LogP contribution < -0.4 is 15.8 Å². The van der Waals surface area contributed by atoms with Gasteiger partial charge in [0, 0.05) is 5.56 Å². The zero-order chi connectivity index (χ0) is 15.4. The predicted octanol–water partition coefficient (Wildman–Crippen LogP) is 3.24. The van der Waals surface area contributed by atoms with E-state index in [4.69, 9.17) is 34.3 Å². The highest BCUT2D eigenvalue weighted by molar-refractivity contribution is 7.80. The summed E-state index contributed by atoms with van der Waals surface area (Å²) in [5.74, 6) is 0.155. The Bertz CT molecular complexity index is 704. The van der Waals surface area contributed by atoms with E-state index in [-0.39, 0.29) is 10.9 Å². The minimum atomic E-state index is -0.318. The highest BCUT2D eigenvalue weighted by Gasteiger charge is 2.13. The second-order valence-electron chi connectivity index (χ2n) is 4.21. The van der Waals surface area contributed by atoms with Crippen LogP contribution in [0, 0.1) is 0 Å². The van der Waals surface area contributed by atoms with Gasteiger partial charge in [0.2, 0.25) is 0 Å². The first kappa shape index (κ1) is 15.3. The molecule has 0 aliphatic carbocycles. The van der Waals surface area contributed by atoms with E-state index in [2.05, 4.69) is 5.32 Å². The molecule has 0 spiro atoms. The van der Waals surface area contributed by atoms with E-state index >= 15 is 0 Å². The second kappa shape index (κ2) is 6.56. The summed E-state index contributed by atoms with van der Waals surface area (Å²) in [6, 6.07) is 11.9. The summed E-state index contributed by atoms with van der Waals surface area (Å²) >= 11 is 10.9. The van der Waals surface area contributed by atoms with E-state index in [1.54, 1.807) is 42.5 Å². The minimum absolute atomic E-state index is 0.261. The number of halogens is 1. The second-order valence-corrected chi connectivity index (χ2v) is 5.06. The summed E-state index contributed by atoms with van der Waals surface area (Å²) in [6.07, 6.45) is 0. The third-order valence-electron chi connectivity index (χ3n) is 2.85. The SMILES string of the molecule is COc1cc(C(N)=S)ccc1NC(=O)c1ccccc1Cl. The van der Waals surface area contributed by atoms with Crippen LogP contribution in [0.15, 0.2) is 42.5 Å². The molecule has 4 nitrogen and oxygen atoms in total. The number of ether oxygens (including phenoxy) is 1. The maximum absolute atomic E-state index is 12.2. The van der Waals surface area contributed by atoms with Crippen molar-refractivity contribution >= 4 is 40.4 Å². The Hall–Kier alpha value is -2.11. The van der Waals surface area contributed by atoms with E-state index in [0.29, 0.717) is 27.6 Å². The lowest BCUT2D eigenvalue weighted by Gasteiger charge is -2.12. The summed E-state index contributed by atoms with van der Waals surface area (Å²) in [6.45, 7) is 0. The summed E-state index contributed by atoms with van der Waals surface area (Å²) in [5.41, 5.74) is 7.14. The topological polar surface area (TPSA) is 64.3 Å².